The molecular formula is C26H22N4O3. The summed E-state index contributed by atoms with van der Waals surface area (Å²) in [5.74, 6) is 0.702. The van der Waals surface area contributed by atoms with Crippen molar-refractivity contribution in [2.45, 2.75) is 13.2 Å². The number of pyridine rings is 1. The number of methoxy groups -OCH3 is 1. The Morgan fingerprint density at radius 2 is 1.76 bits per heavy atom. The lowest BCUT2D eigenvalue weighted by Crippen LogP contribution is -2.27. The number of aliphatic hydroxyl groups is 1. The van der Waals surface area contributed by atoms with Crippen LogP contribution in [0.5, 0.6) is 5.75 Å². The average molecular weight is 438 g/mol. The molecule has 0 amide bonds. The summed E-state index contributed by atoms with van der Waals surface area (Å²) in [6.45, 7) is -0.136. The molecule has 5 rings (SSSR count). The van der Waals surface area contributed by atoms with Gasteiger partial charge in [-0.25, -0.2) is 9.20 Å². The van der Waals surface area contributed by atoms with Crippen molar-refractivity contribution < 1.29 is 9.84 Å². The molecular weight excluding hydrogens is 416 g/mol. The first-order valence-electron chi connectivity index (χ1n) is 10.6. The fourth-order valence-electron chi connectivity index (χ4n) is 3.93. The Bertz CT molecular complexity index is 1490. The molecule has 0 radical (unpaired) electrons. The van der Waals surface area contributed by atoms with Crippen LogP contribution in [-0.2, 0) is 13.2 Å². The summed E-state index contributed by atoms with van der Waals surface area (Å²) in [5.41, 5.74) is 4.74. The van der Waals surface area contributed by atoms with Crippen LogP contribution in [0.1, 0.15) is 11.1 Å². The van der Waals surface area contributed by atoms with Crippen LogP contribution in [0.4, 0.5) is 0 Å². The number of rotatable bonds is 6. The second-order valence-corrected chi connectivity index (χ2v) is 7.65. The van der Waals surface area contributed by atoms with E-state index < -0.39 is 0 Å². The van der Waals surface area contributed by atoms with Crippen LogP contribution in [0.3, 0.4) is 0 Å². The highest BCUT2D eigenvalue weighted by atomic mass is 16.5. The summed E-state index contributed by atoms with van der Waals surface area (Å²) >= 11 is 0. The monoisotopic (exact) mass is 438 g/mol. The van der Waals surface area contributed by atoms with Crippen molar-refractivity contribution >= 4 is 5.52 Å². The zero-order valence-electron chi connectivity index (χ0n) is 18.0. The number of hydrogen-bond acceptors (Lipinski definition) is 5. The SMILES string of the molecule is COc1cccc(Cn2nc(-c3c(-c4ccccc4)nn4ccccc34)cc(CO)c2=O)c1. The van der Waals surface area contributed by atoms with Gasteiger partial charge in [0.05, 0.1) is 37.0 Å². The largest absolute Gasteiger partial charge is 0.497 e. The van der Waals surface area contributed by atoms with Crippen LogP contribution in [0.2, 0.25) is 0 Å². The third-order valence-electron chi connectivity index (χ3n) is 5.53. The molecule has 5 aromatic rings. The molecule has 0 aliphatic rings. The number of aromatic nitrogens is 4. The van der Waals surface area contributed by atoms with E-state index >= 15 is 0 Å². The maximum absolute atomic E-state index is 13.0. The molecule has 3 aromatic heterocycles. The Morgan fingerprint density at radius 3 is 2.55 bits per heavy atom. The molecule has 0 unspecified atom stereocenters. The Labute approximate surface area is 190 Å². The molecule has 7 heteroatoms. The van der Waals surface area contributed by atoms with Gasteiger partial charge in [0.15, 0.2) is 0 Å². The molecule has 7 nitrogen and oxygen atoms in total. The first-order valence-corrected chi connectivity index (χ1v) is 10.6. The highest BCUT2D eigenvalue weighted by Crippen LogP contribution is 2.34. The molecule has 164 valence electrons. The average Bonchev–Trinajstić information content (AvgIpc) is 3.25. The summed E-state index contributed by atoms with van der Waals surface area (Å²) in [4.78, 5) is 13.0. The van der Waals surface area contributed by atoms with E-state index in [0.717, 1.165) is 27.9 Å². The molecule has 0 aliphatic heterocycles. The number of aliphatic hydroxyl groups excluding tert-OH is 1. The minimum atomic E-state index is -0.383. The summed E-state index contributed by atoms with van der Waals surface area (Å²) in [7, 11) is 1.60. The van der Waals surface area contributed by atoms with Gasteiger partial charge in [-0.2, -0.15) is 10.2 Å². The molecule has 1 N–H and O–H groups in total. The lowest BCUT2D eigenvalue weighted by atomic mass is 10.0. The normalized spacial score (nSPS) is 11.1. The van der Waals surface area contributed by atoms with Crippen molar-refractivity contribution in [3.63, 3.8) is 0 Å². The van der Waals surface area contributed by atoms with Crippen molar-refractivity contribution in [2.75, 3.05) is 7.11 Å². The van der Waals surface area contributed by atoms with Crippen LogP contribution in [0.15, 0.2) is 89.9 Å². The van der Waals surface area contributed by atoms with E-state index in [2.05, 4.69) is 0 Å². The molecule has 3 heterocycles. The predicted molar refractivity (Wildman–Crippen MR) is 126 cm³/mol. The van der Waals surface area contributed by atoms with Gasteiger partial charge in [-0.3, -0.25) is 4.79 Å². The second kappa shape index (κ2) is 8.72. The minimum absolute atomic E-state index is 0.247. The Balaban J connectivity index is 1.72. The number of nitrogens with zero attached hydrogens (tertiary/aromatic N) is 4. The Morgan fingerprint density at radius 1 is 0.939 bits per heavy atom. The molecule has 0 atom stereocenters. The number of benzene rings is 2. The minimum Gasteiger partial charge on any atom is -0.497 e. The number of ether oxygens (including phenoxy) is 1. The van der Waals surface area contributed by atoms with Crippen molar-refractivity contribution in [1.29, 1.82) is 0 Å². The first kappa shape index (κ1) is 20.7. The van der Waals surface area contributed by atoms with Gasteiger partial charge in [0.1, 0.15) is 11.4 Å². The van der Waals surface area contributed by atoms with Crippen molar-refractivity contribution in [3.8, 4) is 28.3 Å². The highest BCUT2D eigenvalue weighted by Gasteiger charge is 2.20. The quantitative estimate of drug-likeness (QED) is 0.436. The molecule has 0 saturated heterocycles. The standard InChI is InChI=1S/C26H22N4O3/c1-33-21-11-7-8-18(14-21)16-30-26(32)20(17-31)15-22(27-30)24-23-12-5-6-13-29(23)28-25(24)19-9-3-2-4-10-19/h2-15,31H,16-17H2,1H3. The maximum Gasteiger partial charge on any atom is 0.272 e. The predicted octanol–water partition coefficient (Wildman–Crippen LogP) is 3.77. The van der Waals surface area contributed by atoms with E-state index in [9.17, 15) is 9.90 Å². The topological polar surface area (TPSA) is 81.7 Å². The molecule has 0 saturated carbocycles. The smallest absolute Gasteiger partial charge is 0.272 e. The van der Waals surface area contributed by atoms with E-state index in [4.69, 9.17) is 14.9 Å². The molecule has 33 heavy (non-hydrogen) atoms. The van der Waals surface area contributed by atoms with E-state index in [1.165, 1.54) is 4.68 Å². The highest BCUT2D eigenvalue weighted by molar-refractivity contribution is 5.90. The first-order chi connectivity index (χ1) is 16.2. The van der Waals surface area contributed by atoms with Crippen molar-refractivity contribution in [2.24, 2.45) is 0 Å². The fourth-order valence-corrected chi connectivity index (χ4v) is 3.93. The van der Waals surface area contributed by atoms with E-state index in [1.807, 2.05) is 79.0 Å². The van der Waals surface area contributed by atoms with Gasteiger partial charge in [-0.1, -0.05) is 48.5 Å². The van der Waals surface area contributed by atoms with Crippen LogP contribution >= 0.6 is 0 Å². The van der Waals surface area contributed by atoms with E-state index in [0.29, 0.717) is 11.4 Å². The van der Waals surface area contributed by atoms with E-state index in [-0.39, 0.29) is 24.3 Å². The summed E-state index contributed by atoms with van der Waals surface area (Å²) in [6.07, 6.45) is 1.88. The molecule has 0 fully saturated rings. The molecule has 2 aromatic carbocycles. The van der Waals surface area contributed by atoms with Crippen molar-refractivity contribution in [3.05, 3.63) is 107 Å². The van der Waals surface area contributed by atoms with Crippen LogP contribution in [-0.4, -0.2) is 31.6 Å². The van der Waals surface area contributed by atoms with Gasteiger partial charge < -0.3 is 9.84 Å². The van der Waals surface area contributed by atoms with Gasteiger partial charge in [-0.05, 0) is 35.9 Å². The number of fused-ring (bicyclic) bond motifs is 1. The van der Waals surface area contributed by atoms with Crippen LogP contribution in [0, 0.1) is 0 Å². The molecule has 0 spiro atoms. The zero-order valence-corrected chi connectivity index (χ0v) is 18.0. The van der Waals surface area contributed by atoms with Gasteiger partial charge in [0.25, 0.3) is 5.56 Å². The second-order valence-electron chi connectivity index (χ2n) is 7.65. The molecule has 0 bridgehead atoms. The third-order valence-corrected chi connectivity index (χ3v) is 5.53. The van der Waals surface area contributed by atoms with Gasteiger partial charge >= 0.3 is 0 Å². The van der Waals surface area contributed by atoms with Gasteiger partial charge in [0, 0.05) is 17.3 Å². The summed E-state index contributed by atoms with van der Waals surface area (Å²) in [5, 5.41) is 19.4. The summed E-state index contributed by atoms with van der Waals surface area (Å²) < 4.78 is 8.49. The van der Waals surface area contributed by atoms with Crippen LogP contribution in [0.25, 0.3) is 28.0 Å². The molecule has 0 aliphatic carbocycles. The Kier molecular flexibility index (Phi) is 5.46. The lowest BCUT2D eigenvalue weighted by molar-refractivity contribution is 0.278. The van der Waals surface area contributed by atoms with Crippen molar-refractivity contribution in [1.82, 2.24) is 19.4 Å². The zero-order chi connectivity index (χ0) is 22.8. The Hall–Kier alpha value is -4.23. The summed E-state index contributed by atoms with van der Waals surface area (Å²) in [6, 6.07) is 24.8. The van der Waals surface area contributed by atoms with Gasteiger partial charge in [0.2, 0.25) is 0 Å². The third kappa shape index (κ3) is 3.90. The van der Waals surface area contributed by atoms with Crippen LogP contribution < -0.4 is 10.3 Å². The lowest BCUT2D eigenvalue weighted by Gasteiger charge is -2.11. The van der Waals surface area contributed by atoms with Gasteiger partial charge in [-0.15, -0.1) is 0 Å². The number of hydrogen-bond donors (Lipinski definition) is 1. The fraction of sp³-hybridized carbons (Fsp3) is 0.115. The maximum atomic E-state index is 13.0. The van der Waals surface area contributed by atoms with E-state index in [1.54, 1.807) is 17.7 Å².